The number of para-hydroxylation sites is 1. The molecule has 102 valence electrons. The molecule has 0 aliphatic carbocycles. The van der Waals surface area contributed by atoms with Gasteiger partial charge in [0.25, 0.3) is 5.56 Å². The monoisotopic (exact) mass is 269 g/mol. The molecule has 1 aromatic carbocycles. The van der Waals surface area contributed by atoms with Crippen LogP contribution in [0.2, 0.25) is 0 Å². The van der Waals surface area contributed by atoms with Gasteiger partial charge >= 0.3 is 0 Å². The average Bonchev–Trinajstić information content (AvgIpc) is 2.87. The van der Waals surface area contributed by atoms with Crippen molar-refractivity contribution >= 4 is 16.6 Å². The van der Waals surface area contributed by atoms with Crippen LogP contribution in [0.25, 0.3) is 10.9 Å². The van der Waals surface area contributed by atoms with Crippen molar-refractivity contribution in [2.45, 2.75) is 13.5 Å². The van der Waals surface area contributed by atoms with Crippen LogP contribution in [0.15, 0.2) is 45.7 Å². The van der Waals surface area contributed by atoms with Gasteiger partial charge in [-0.3, -0.25) is 4.79 Å². The van der Waals surface area contributed by atoms with E-state index in [4.69, 9.17) is 4.42 Å². The molecule has 5 heteroatoms. The normalized spacial score (nSPS) is 10.9. The van der Waals surface area contributed by atoms with E-state index in [9.17, 15) is 4.79 Å². The molecule has 3 rings (SSSR count). The predicted molar refractivity (Wildman–Crippen MR) is 77.8 cm³/mol. The van der Waals surface area contributed by atoms with E-state index in [2.05, 4.69) is 10.3 Å². The lowest BCUT2D eigenvalue weighted by molar-refractivity contribution is 0.479. The number of anilines is 1. The van der Waals surface area contributed by atoms with Crippen LogP contribution in [0.1, 0.15) is 11.7 Å². The summed E-state index contributed by atoms with van der Waals surface area (Å²) in [7, 11) is 1.77. The van der Waals surface area contributed by atoms with Crippen molar-refractivity contribution in [1.82, 2.24) is 9.55 Å². The van der Waals surface area contributed by atoms with Gasteiger partial charge in [-0.25, -0.2) is 4.98 Å². The number of oxazole rings is 1. The number of pyridine rings is 1. The Kier molecular flexibility index (Phi) is 3.02. The summed E-state index contributed by atoms with van der Waals surface area (Å²) in [6, 6.07) is 9.38. The highest BCUT2D eigenvalue weighted by Gasteiger charge is 2.07. The maximum Gasteiger partial charge on any atom is 0.252 e. The number of rotatable bonds is 3. The molecule has 0 aliphatic rings. The maximum absolute atomic E-state index is 12.0. The minimum absolute atomic E-state index is 0.0465. The quantitative estimate of drug-likeness (QED) is 0.793. The third-order valence-electron chi connectivity index (χ3n) is 3.25. The van der Waals surface area contributed by atoms with Crippen molar-refractivity contribution in [2.24, 2.45) is 7.05 Å². The fourth-order valence-electron chi connectivity index (χ4n) is 2.21. The van der Waals surface area contributed by atoms with Crippen LogP contribution in [0.4, 0.5) is 5.69 Å². The van der Waals surface area contributed by atoms with Gasteiger partial charge in [-0.2, -0.15) is 0 Å². The van der Waals surface area contributed by atoms with E-state index < -0.39 is 0 Å². The van der Waals surface area contributed by atoms with Gasteiger partial charge in [0.05, 0.1) is 18.3 Å². The zero-order valence-corrected chi connectivity index (χ0v) is 11.4. The van der Waals surface area contributed by atoms with E-state index in [1.165, 1.54) is 0 Å². The predicted octanol–water partition coefficient (Wildman–Crippen LogP) is 2.45. The number of aryl methyl sites for hydroxylation is 2. The standard InChI is InChI=1S/C15H15N3O2/c1-10-8-17-14(20-10)9-16-12-7-15(19)18(2)13-6-4-3-5-11(12)13/h3-8,16H,9H2,1-2H3. The molecule has 0 amide bonds. The Morgan fingerprint density at radius 1 is 1.35 bits per heavy atom. The van der Waals surface area contributed by atoms with E-state index in [1.807, 2.05) is 31.2 Å². The first-order chi connectivity index (χ1) is 9.65. The number of hydrogen-bond donors (Lipinski definition) is 1. The Morgan fingerprint density at radius 3 is 2.90 bits per heavy atom. The van der Waals surface area contributed by atoms with Crippen molar-refractivity contribution in [3.05, 3.63) is 58.5 Å². The van der Waals surface area contributed by atoms with Crippen LogP contribution in [0, 0.1) is 6.92 Å². The van der Waals surface area contributed by atoms with Crippen LogP contribution in [0.5, 0.6) is 0 Å². The number of hydrogen-bond acceptors (Lipinski definition) is 4. The van der Waals surface area contributed by atoms with Crippen molar-refractivity contribution in [3.63, 3.8) is 0 Å². The number of aromatic nitrogens is 2. The van der Waals surface area contributed by atoms with Crippen molar-refractivity contribution in [2.75, 3.05) is 5.32 Å². The van der Waals surface area contributed by atoms with Gasteiger partial charge in [0.15, 0.2) is 0 Å². The molecular formula is C15H15N3O2. The fourth-order valence-corrected chi connectivity index (χ4v) is 2.21. The summed E-state index contributed by atoms with van der Waals surface area (Å²) in [5, 5.41) is 4.21. The summed E-state index contributed by atoms with van der Waals surface area (Å²) in [4.78, 5) is 16.1. The molecular weight excluding hydrogens is 254 g/mol. The largest absolute Gasteiger partial charge is 0.444 e. The number of nitrogens with one attached hydrogen (secondary N) is 1. The third-order valence-corrected chi connectivity index (χ3v) is 3.25. The average molecular weight is 269 g/mol. The third kappa shape index (κ3) is 2.18. The zero-order chi connectivity index (χ0) is 14.1. The molecule has 1 N–H and O–H groups in total. The summed E-state index contributed by atoms with van der Waals surface area (Å²) in [6.45, 7) is 2.30. The van der Waals surface area contributed by atoms with E-state index in [1.54, 1.807) is 23.9 Å². The first-order valence-corrected chi connectivity index (χ1v) is 6.39. The zero-order valence-electron chi connectivity index (χ0n) is 11.4. The van der Waals surface area contributed by atoms with E-state index in [-0.39, 0.29) is 5.56 Å². The van der Waals surface area contributed by atoms with Gasteiger partial charge in [0.1, 0.15) is 5.76 Å². The van der Waals surface area contributed by atoms with Crippen LogP contribution < -0.4 is 10.9 Å². The van der Waals surface area contributed by atoms with Crippen molar-refractivity contribution in [3.8, 4) is 0 Å². The summed E-state index contributed by atoms with van der Waals surface area (Å²) in [5.41, 5.74) is 1.64. The minimum Gasteiger partial charge on any atom is -0.444 e. The molecule has 5 nitrogen and oxygen atoms in total. The first-order valence-electron chi connectivity index (χ1n) is 6.39. The Bertz CT molecular complexity index is 817. The van der Waals surface area contributed by atoms with Gasteiger partial charge < -0.3 is 14.3 Å². The summed E-state index contributed by atoms with van der Waals surface area (Å²) in [6.07, 6.45) is 1.68. The second kappa shape index (κ2) is 4.85. The Hall–Kier alpha value is -2.56. The highest BCUT2D eigenvalue weighted by molar-refractivity contribution is 5.91. The van der Waals surface area contributed by atoms with Gasteiger partial charge in [0.2, 0.25) is 5.89 Å². The molecule has 3 aromatic rings. The molecule has 2 heterocycles. The van der Waals surface area contributed by atoms with E-state index in [0.717, 1.165) is 22.4 Å². The molecule has 0 aliphatic heterocycles. The van der Waals surface area contributed by atoms with E-state index >= 15 is 0 Å². The van der Waals surface area contributed by atoms with Crippen LogP contribution in [-0.4, -0.2) is 9.55 Å². The second-order valence-electron chi connectivity index (χ2n) is 4.69. The summed E-state index contributed by atoms with van der Waals surface area (Å²) in [5.74, 6) is 1.38. The molecule has 0 fully saturated rings. The topological polar surface area (TPSA) is 60.1 Å². The van der Waals surface area contributed by atoms with Crippen molar-refractivity contribution < 1.29 is 4.42 Å². The van der Waals surface area contributed by atoms with Gasteiger partial charge in [-0.1, -0.05) is 18.2 Å². The summed E-state index contributed by atoms with van der Waals surface area (Å²) >= 11 is 0. The highest BCUT2D eigenvalue weighted by Crippen LogP contribution is 2.21. The number of benzene rings is 1. The molecule has 0 radical (unpaired) electrons. The van der Waals surface area contributed by atoms with Gasteiger partial charge in [0, 0.05) is 24.2 Å². The SMILES string of the molecule is Cc1cnc(CNc2cc(=O)n(C)c3ccccc23)o1. The second-order valence-corrected chi connectivity index (χ2v) is 4.69. The summed E-state index contributed by atoms with van der Waals surface area (Å²) < 4.78 is 7.05. The lowest BCUT2D eigenvalue weighted by Crippen LogP contribution is -2.17. The molecule has 0 bridgehead atoms. The smallest absolute Gasteiger partial charge is 0.252 e. The molecule has 0 unspecified atom stereocenters. The molecule has 2 aromatic heterocycles. The van der Waals surface area contributed by atoms with Gasteiger partial charge in [-0.15, -0.1) is 0 Å². The Balaban J connectivity index is 1.99. The van der Waals surface area contributed by atoms with Crippen LogP contribution in [0.3, 0.4) is 0 Å². The minimum atomic E-state index is -0.0465. The molecule has 0 saturated heterocycles. The maximum atomic E-state index is 12.0. The number of fused-ring (bicyclic) bond motifs is 1. The Labute approximate surface area is 115 Å². The number of nitrogens with zero attached hydrogens (tertiary/aromatic N) is 2. The van der Waals surface area contributed by atoms with E-state index in [0.29, 0.717) is 12.4 Å². The van der Waals surface area contributed by atoms with Crippen molar-refractivity contribution in [1.29, 1.82) is 0 Å². The lowest BCUT2D eigenvalue weighted by Gasteiger charge is -2.10. The van der Waals surface area contributed by atoms with Crippen LogP contribution >= 0.6 is 0 Å². The highest BCUT2D eigenvalue weighted by atomic mass is 16.4. The van der Waals surface area contributed by atoms with Gasteiger partial charge in [-0.05, 0) is 13.0 Å². The molecule has 0 spiro atoms. The molecule has 0 saturated carbocycles. The lowest BCUT2D eigenvalue weighted by atomic mass is 10.2. The molecule has 0 atom stereocenters. The first kappa shape index (κ1) is 12.5. The molecule has 20 heavy (non-hydrogen) atoms. The Morgan fingerprint density at radius 2 is 2.15 bits per heavy atom. The van der Waals surface area contributed by atoms with Crippen LogP contribution in [-0.2, 0) is 13.6 Å². The fraction of sp³-hybridized carbons (Fsp3) is 0.200.